The average Bonchev–Trinajstić information content (AvgIpc) is 2.39. The maximum absolute atomic E-state index is 9.29. The fourth-order valence-electron chi connectivity index (χ4n) is 1.59. The Balaban J connectivity index is 2.66. The molecule has 2 N–H and O–H groups in total. The van der Waals surface area contributed by atoms with E-state index in [1.54, 1.807) is 0 Å². The van der Waals surface area contributed by atoms with Crippen molar-refractivity contribution in [1.29, 1.82) is 5.26 Å². The number of hydrogen-bond donors (Lipinski definition) is 1. The second kappa shape index (κ2) is 5.99. The zero-order valence-electron chi connectivity index (χ0n) is 11.4. The molecule has 0 aliphatic carbocycles. The Morgan fingerprint density at radius 1 is 1.28 bits per heavy atom. The summed E-state index contributed by atoms with van der Waals surface area (Å²) in [4.78, 5) is 0. The van der Waals surface area contributed by atoms with Crippen molar-refractivity contribution in [3.63, 3.8) is 0 Å². The van der Waals surface area contributed by atoms with Crippen molar-refractivity contribution in [2.75, 3.05) is 6.61 Å². The summed E-state index contributed by atoms with van der Waals surface area (Å²) in [5.41, 5.74) is 5.86. The third-order valence-electron chi connectivity index (χ3n) is 3.33. The van der Waals surface area contributed by atoms with E-state index in [0.717, 1.165) is 12.0 Å². The summed E-state index contributed by atoms with van der Waals surface area (Å²) in [5, 5.41) is 9.29. The number of nitrogens with two attached hydrogens (primary N) is 1. The van der Waals surface area contributed by atoms with E-state index < -0.39 is 5.54 Å². The Morgan fingerprint density at radius 2 is 1.89 bits per heavy atom. The molecule has 0 heterocycles. The van der Waals surface area contributed by atoms with Gasteiger partial charge in [-0.2, -0.15) is 5.26 Å². The molecule has 3 heteroatoms. The molecule has 1 aromatic carbocycles. The molecule has 0 fully saturated rings. The minimum absolute atomic E-state index is 0.160. The summed E-state index contributed by atoms with van der Waals surface area (Å²) in [7, 11) is 0. The van der Waals surface area contributed by atoms with Gasteiger partial charge in [0.05, 0.1) is 18.3 Å². The zero-order valence-corrected chi connectivity index (χ0v) is 11.4. The molecular formula is C15H22N2O. The molecule has 18 heavy (non-hydrogen) atoms. The van der Waals surface area contributed by atoms with Crippen LogP contribution in [0.3, 0.4) is 0 Å². The summed E-state index contributed by atoms with van der Waals surface area (Å²) in [5.74, 6) is 0. The smallest absolute Gasteiger partial charge is 0.132 e. The van der Waals surface area contributed by atoms with Gasteiger partial charge < -0.3 is 10.5 Å². The maximum atomic E-state index is 9.29. The van der Waals surface area contributed by atoms with Crippen molar-refractivity contribution < 1.29 is 4.74 Å². The first-order valence-electron chi connectivity index (χ1n) is 6.33. The van der Waals surface area contributed by atoms with E-state index in [0.29, 0.717) is 13.0 Å². The quantitative estimate of drug-likeness (QED) is 0.839. The summed E-state index contributed by atoms with van der Waals surface area (Å²) >= 11 is 0. The van der Waals surface area contributed by atoms with Crippen LogP contribution in [0.4, 0.5) is 0 Å². The highest BCUT2D eigenvalue weighted by Crippen LogP contribution is 2.23. The van der Waals surface area contributed by atoms with Crippen molar-refractivity contribution in [3.05, 3.63) is 35.9 Å². The van der Waals surface area contributed by atoms with Crippen LogP contribution in [0.25, 0.3) is 0 Å². The molecule has 0 spiro atoms. The van der Waals surface area contributed by atoms with E-state index in [1.165, 1.54) is 0 Å². The van der Waals surface area contributed by atoms with Gasteiger partial charge in [0.25, 0.3) is 0 Å². The number of hydrogen-bond acceptors (Lipinski definition) is 3. The number of nitrogens with zero attached hydrogens (tertiary/aromatic N) is 1. The first kappa shape index (κ1) is 14.7. The van der Waals surface area contributed by atoms with Gasteiger partial charge in [-0.05, 0) is 25.8 Å². The van der Waals surface area contributed by atoms with E-state index in [2.05, 4.69) is 13.0 Å². The SMILES string of the molecule is CCC(C)(C)OCCC(N)(C#N)c1ccccc1. The molecule has 0 amide bonds. The van der Waals surface area contributed by atoms with Gasteiger partial charge in [-0.25, -0.2) is 0 Å². The molecule has 0 bridgehead atoms. The van der Waals surface area contributed by atoms with E-state index in [4.69, 9.17) is 10.5 Å². The summed E-state index contributed by atoms with van der Waals surface area (Å²) < 4.78 is 5.77. The molecule has 1 aromatic rings. The van der Waals surface area contributed by atoms with Crippen LogP contribution in [-0.4, -0.2) is 12.2 Å². The van der Waals surface area contributed by atoms with Crippen molar-refractivity contribution in [3.8, 4) is 6.07 Å². The lowest BCUT2D eigenvalue weighted by molar-refractivity contribution is -0.0253. The van der Waals surface area contributed by atoms with Crippen LogP contribution in [-0.2, 0) is 10.3 Å². The first-order valence-corrected chi connectivity index (χ1v) is 6.33. The monoisotopic (exact) mass is 246 g/mol. The lowest BCUT2D eigenvalue weighted by Crippen LogP contribution is -2.37. The predicted octanol–water partition coefficient (Wildman–Crippen LogP) is 2.96. The molecule has 0 saturated heterocycles. The third kappa shape index (κ3) is 3.83. The van der Waals surface area contributed by atoms with Crippen LogP contribution in [0.2, 0.25) is 0 Å². The standard InChI is InChI=1S/C15H22N2O/c1-4-14(2,3)18-11-10-15(17,12-16)13-8-6-5-7-9-13/h5-9H,4,10-11,17H2,1-3H3. The second-order valence-corrected chi connectivity index (χ2v) is 5.16. The van der Waals surface area contributed by atoms with Crippen LogP contribution >= 0.6 is 0 Å². The van der Waals surface area contributed by atoms with Crippen molar-refractivity contribution >= 4 is 0 Å². The van der Waals surface area contributed by atoms with Gasteiger partial charge >= 0.3 is 0 Å². The summed E-state index contributed by atoms with van der Waals surface area (Å²) in [6.45, 7) is 6.65. The van der Waals surface area contributed by atoms with Crippen molar-refractivity contribution in [2.45, 2.75) is 44.8 Å². The Kier molecular flexibility index (Phi) is 4.89. The molecule has 0 radical (unpaired) electrons. The van der Waals surface area contributed by atoms with Crippen LogP contribution < -0.4 is 5.73 Å². The topological polar surface area (TPSA) is 59.0 Å². The average molecular weight is 246 g/mol. The second-order valence-electron chi connectivity index (χ2n) is 5.16. The highest BCUT2D eigenvalue weighted by atomic mass is 16.5. The van der Waals surface area contributed by atoms with E-state index in [1.807, 2.05) is 44.2 Å². The van der Waals surface area contributed by atoms with Crippen LogP contribution in [0.15, 0.2) is 30.3 Å². The molecule has 1 rings (SSSR count). The molecule has 0 aromatic heterocycles. The van der Waals surface area contributed by atoms with Crippen molar-refractivity contribution in [2.24, 2.45) is 5.73 Å². The van der Waals surface area contributed by atoms with Gasteiger partial charge in [-0.15, -0.1) is 0 Å². The molecule has 98 valence electrons. The maximum Gasteiger partial charge on any atom is 0.132 e. The van der Waals surface area contributed by atoms with Crippen LogP contribution in [0.5, 0.6) is 0 Å². The van der Waals surface area contributed by atoms with Gasteiger partial charge in [0.1, 0.15) is 5.54 Å². The highest BCUT2D eigenvalue weighted by molar-refractivity contribution is 5.30. The zero-order chi connectivity index (χ0) is 13.6. The third-order valence-corrected chi connectivity index (χ3v) is 3.33. The fraction of sp³-hybridized carbons (Fsp3) is 0.533. The molecule has 0 aliphatic heterocycles. The Hall–Kier alpha value is -1.37. The number of rotatable bonds is 6. The van der Waals surface area contributed by atoms with E-state index in [-0.39, 0.29) is 5.60 Å². The minimum Gasteiger partial charge on any atom is -0.375 e. The van der Waals surface area contributed by atoms with Crippen molar-refractivity contribution in [1.82, 2.24) is 0 Å². The minimum atomic E-state index is -0.967. The van der Waals surface area contributed by atoms with Crippen LogP contribution in [0.1, 0.15) is 39.2 Å². The number of benzene rings is 1. The first-order chi connectivity index (χ1) is 8.43. The Bertz CT molecular complexity index is 408. The largest absolute Gasteiger partial charge is 0.375 e. The molecular weight excluding hydrogens is 224 g/mol. The Morgan fingerprint density at radius 3 is 2.39 bits per heavy atom. The molecule has 1 unspecified atom stereocenters. The van der Waals surface area contributed by atoms with Gasteiger partial charge in [0.2, 0.25) is 0 Å². The lowest BCUT2D eigenvalue weighted by atomic mass is 9.89. The normalized spacial score (nSPS) is 14.8. The van der Waals surface area contributed by atoms with Gasteiger partial charge in [0.15, 0.2) is 0 Å². The molecule has 0 aliphatic rings. The Labute approximate surface area is 110 Å². The molecule has 3 nitrogen and oxygen atoms in total. The molecule has 1 atom stereocenters. The van der Waals surface area contributed by atoms with Crippen LogP contribution in [0, 0.1) is 11.3 Å². The summed E-state index contributed by atoms with van der Waals surface area (Å²) in [6, 6.07) is 11.7. The fourth-order valence-corrected chi connectivity index (χ4v) is 1.59. The van der Waals surface area contributed by atoms with Gasteiger partial charge in [0, 0.05) is 6.42 Å². The van der Waals surface area contributed by atoms with Gasteiger partial charge in [-0.3, -0.25) is 0 Å². The van der Waals surface area contributed by atoms with E-state index >= 15 is 0 Å². The number of nitriles is 1. The summed E-state index contributed by atoms with van der Waals surface area (Å²) in [6.07, 6.45) is 1.43. The lowest BCUT2D eigenvalue weighted by Gasteiger charge is -2.27. The predicted molar refractivity (Wildman–Crippen MR) is 72.9 cm³/mol. The highest BCUT2D eigenvalue weighted by Gasteiger charge is 2.27. The van der Waals surface area contributed by atoms with Gasteiger partial charge in [-0.1, -0.05) is 37.3 Å². The number of ether oxygens (including phenoxy) is 1. The molecule has 0 saturated carbocycles. The van der Waals surface area contributed by atoms with E-state index in [9.17, 15) is 5.26 Å².